The molecule has 1 aromatic rings. The van der Waals surface area contributed by atoms with Gasteiger partial charge >= 0.3 is 0 Å². The van der Waals surface area contributed by atoms with Gasteiger partial charge in [-0.1, -0.05) is 0 Å². The van der Waals surface area contributed by atoms with Crippen molar-refractivity contribution in [3.05, 3.63) is 18.2 Å². The molecule has 1 fully saturated rings. The predicted molar refractivity (Wildman–Crippen MR) is 80.4 cm³/mol. The second-order valence-electron chi connectivity index (χ2n) is 5.08. The van der Waals surface area contributed by atoms with Crippen molar-refractivity contribution in [3.8, 4) is 5.75 Å². The summed E-state index contributed by atoms with van der Waals surface area (Å²) in [6, 6.07) is 5.10. The molecule has 1 heterocycles. The molecule has 6 nitrogen and oxygen atoms in total. The number of amides is 1. The molecule has 2 rings (SSSR count). The average molecular weight is 294 g/mol. The second-order valence-corrected chi connectivity index (χ2v) is 5.08. The fraction of sp³-hybridized carbons (Fsp3) is 0.533. The largest absolute Gasteiger partial charge is 0.495 e. The van der Waals surface area contributed by atoms with Gasteiger partial charge < -0.3 is 25.3 Å². The topological polar surface area (TPSA) is 82.8 Å². The van der Waals surface area contributed by atoms with Crippen LogP contribution in [0.3, 0.4) is 0 Å². The summed E-state index contributed by atoms with van der Waals surface area (Å²) in [5.74, 6) is 0.835. The van der Waals surface area contributed by atoms with E-state index < -0.39 is 0 Å². The molecule has 0 aliphatic carbocycles. The number of methoxy groups -OCH3 is 1. The molecule has 0 spiro atoms. The zero-order chi connectivity index (χ0) is 15.1. The Kier molecular flexibility index (Phi) is 5.83. The average Bonchev–Trinajstić information content (AvgIpc) is 2.48. The van der Waals surface area contributed by atoms with Crippen LogP contribution >= 0.6 is 0 Å². The summed E-state index contributed by atoms with van der Waals surface area (Å²) >= 11 is 0. The van der Waals surface area contributed by atoms with E-state index in [0.717, 1.165) is 26.1 Å². The van der Waals surface area contributed by atoms with E-state index in [2.05, 4.69) is 5.32 Å². The third-order valence-corrected chi connectivity index (χ3v) is 3.43. The Bertz CT molecular complexity index is 473. The maximum absolute atomic E-state index is 11.9. The van der Waals surface area contributed by atoms with Crippen molar-refractivity contribution in [2.45, 2.75) is 12.8 Å². The first-order valence-corrected chi connectivity index (χ1v) is 7.08. The SMILES string of the molecule is COc1ccc(N)cc1NC(=O)COCC1CCOCC1. The van der Waals surface area contributed by atoms with Crippen LogP contribution in [0.15, 0.2) is 18.2 Å². The number of nitrogens with one attached hydrogen (secondary N) is 1. The lowest BCUT2D eigenvalue weighted by atomic mass is 10.0. The maximum Gasteiger partial charge on any atom is 0.250 e. The summed E-state index contributed by atoms with van der Waals surface area (Å²) in [4.78, 5) is 11.9. The minimum Gasteiger partial charge on any atom is -0.495 e. The summed E-state index contributed by atoms with van der Waals surface area (Å²) < 4.78 is 15.9. The first kappa shape index (κ1) is 15.6. The smallest absolute Gasteiger partial charge is 0.250 e. The van der Waals surface area contributed by atoms with Crippen LogP contribution in [0.4, 0.5) is 11.4 Å². The summed E-state index contributed by atoms with van der Waals surface area (Å²) in [7, 11) is 1.54. The lowest BCUT2D eigenvalue weighted by Crippen LogP contribution is -2.24. The van der Waals surface area contributed by atoms with E-state index in [0.29, 0.717) is 29.6 Å². The van der Waals surface area contributed by atoms with Crippen LogP contribution in [-0.4, -0.2) is 39.4 Å². The molecule has 6 heteroatoms. The quantitative estimate of drug-likeness (QED) is 0.780. The highest BCUT2D eigenvalue weighted by Gasteiger charge is 2.15. The number of benzene rings is 1. The standard InChI is InChI=1S/C15H22N2O4/c1-19-14-3-2-12(16)8-13(14)17-15(18)10-21-9-11-4-6-20-7-5-11/h2-3,8,11H,4-7,9-10,16H2,1H3,(H,17,18). The Labute approximate surface area is 124 Å². The molecule has 1 aliphatic heterocycles. The fourth-order valence-electron chi connectivity index (χ4n) is 2.24. The van der Waals surface area contributed by atoms with Crippen LogP contribution in [0, 0.1) is 5.92 Å². The molecule has 1 aliphatic rings. The molecule has 0 radical (unpaired) electrons. The zero-order valence-corrected chi connectivity index (χ0v) is 12.3. The zero-order valence-electron chi connectivity index (χ0n) is 12.3. The van der Waals surface area contributed by atoms with E-state index in [-0.39, 0.29) is 12.5 Å². The molecule has 1 saturated heterocycles. The van der Waals surface area contributed by atoms with Gasteiger partial charge in [-0.25, -0.2) is 0 Å². The van der Waals surface area contributed by atoms with Crippen LogP contribution in [0.5, 0.6) is 5.75 Å². The minimum absolute atomic E-state index is 0.0231. The van der Waals surface area contributed by atoms with E-state index in [4.69, 9.17) is 19.9 Å². The molecule has 116 valence electrons. The van der Waals surface area contributed by atoms with Gasteiger partial charge in [0.2, 0.25) is 5.91 Å². The van der Waals surface area contributed by atoms with Gasteiger partial charge in [0.25, 0.3) is 0 Å². The third kappa shape index (κ3) is 4.91. The van der Waals surface area contributed by atoms with Crippen molar-refractivity contribution >= 4 is 17.3 Å². The van der Waals surface area contributed by atoms with E-state index in [9.17, 15) is 4.79 Å². The summed E-state index contributed by atoms with van der Waals surface area (Å²) in [6.45, 7) is 2.17. The van der Waals surface area contributed by atoms with Crippen molar-refractivity contribution < 1.29 is 19.0 Å². The number of hydrogen-bond acceptors (Lipinski definition) is 5. The van der Waals surface area contributed by atoms with Crippen LogP contribution < -0.4 is 15.8 Å². The molecule has 0 unspecified atom stereocenters. The van der Waals surface area contributed by atoms with Gasteiger partial charge in [0, 0.05) is 18.9 Å². The highest BCUT2D eigenvalue weighted by atomic mass is 16.5. The van der Waals surface area contributed by atoms with Crippen molar-refractivity contribution in [1.82, 2.24) is 0 Å². The molecule has 0 bridgehead atoms. The van der Waals surface area contributed by atoms with Gasteiger partial charge in [-0.3, -0.25) is 4.79 Å². The minimum atomic E-state index is -0.217. The van der Waals surface area contributed by atoms with E-state index in [1.54, 1.807) is 25.3 Å². The number of carbonyl (C=O) groups excluding carboxylic acids is 1. The Balaban J connectivity index is 1.77. The first-order chi connectivity index (χ1) is 10.2. The summed E-state index contributed by atoms with van der Waals surface area (Å²) in [5, 5.41) is 2.75. The highest BCUT2D eigenvalue weighted by molar-refractivity contribution is 5.93. The van der Waals surface area contributed by atoms with Crippen molar-refractivity contribution in [3.63, 3.8) is 0 Å². The number of rotatable bonds is 6. The Hall–Kier alpha value is -1.79. The molecule has 1 aromatic carbocycles. The summed E-state index contributed by atoms with van der Waals surface area (Å²) in [6.07, 6.45) is 1.98. The molecular formula is C15H22N2O4. The van der Waals surface area contributed by atoms with E-state index >= 15 is 0 Å². The number of carbonyl (C=O) groups is 1. The lowest BCUT2D eigenvalue weighted by Gasteiger charge is -2.21. The Morgan fingerprint density at radius 2 is 2.19 bits per heavy atom. The van der Waals surface area contributed by atoms with Crippen LogP contribution in [0.2, 0.25) is 0 Å². The molecule has 21 heavy (non-hydrogen) atoms. The van der Waals surface area contributed by atoms with Crippen molar-refractivity contribution in [1.29, 1.82) is 0 Å². The van der Waals surface area contributed by atoms with Crippen LogP contribution in [0.25, 0.3) is 0 Å². The van der Waals surface area contributed by atoms with E-state index in [1.807, 2.05) is 0 Å². The Morgan fingerprint density at radius 1 is 1.43 bits per heavy atom. The molecule has 0 aromatic heterocycles. The lowest BCUT2D eigenvalue weighted by molar-refractivity contribution is -0.121. The predicted octanol–water partition coefficient (Wildman–Crippen LogP) is 1.66. The van der Waals surface area contributed by atoms with Crippen molar-refractivity contribution in [2.24, 2.45) is 5.92 Å². The van der Waals surface area contributed by atoms with Crippen molar-refractivity contribution in [2.75, 3.05) is 44.6 Å². The van der Waals surface area contributed by atoms with E-state index in [1.165, 1.54) is 0 Å². The fourth-order valence-corrected chi connectivity index (χ4v) is 2.24. The number of nitrogen functional groups attached to an aromatic ring is 1. The summed E-state index contributed by atoms with van der Waals surface area (Å²) in [5.41, 5.74) is 6.82. The molecule has 3 N–H and O–H groups in total. The van der Waals surface area contributed by atoms with Gasteiger partial charge in [-0.2, -0.15) is 0 Å². The monoisotopic (exact) mass is 294 g/mol. The first-order valence-electron chi connectivity index (χ1n) is 7.08. The molecule has 0 saturated carbocycles. The van der Waals surface area contributed by atoms with Gasteiger partial charge in [-0.05, 0) is 37.0 Å². The highest BCUT2D eigenvalue weighted by Crippen LogP contribution is 2.26. The number of hydrogen-bond donors (Lipinski definition) is 2. The van der Waals surface area contributed by atoms with Gasteiger partial charge in [0.1, 0.15) is 12.4 Å². The van der Waals surface area contributed by atoms with Crippen LogP contribution in [0.1, 0.15) is 12.8 Å². The second kappa shape index (κ2) is 7.85. The molecule has 0 atom stereocenters. The van der Waals surface area contributed by atoms with Crippen LogP contribution in [-0.2, 0) is 14.3 Å². The normalized spacial score (nSPS) is 15.7. The third-order valence-electron chi connectivity index (χ3n) is 3.43. The number of ether oxygens (including phenoxy) is 3. The van der Waals surface area contributed by atoms with Gasteiger partial charge in [0.05, 0.1) is 19.4 Å². The number of anilines is 2. The molecule has 1 amide bonds. The maximum atomic E-state index is 11.9. The Morgan fingerprint density at radius 3 is 2.90 bits per heavy atom. The van der Waals surface area contributed by atoms with Gasteiger partial charge in [0.15, 0.2) is 0 Å². The van der Waals surface area contributed by atoms with Gasteiger partial charge in [-0.15, -0.1) is 0 Å². The number of nitrogens with two attached hydrogens (primary N) is 1. The molecular weight excluding hydrogens is 272 g/mol.